The summed E-state index contributed by atoms with van der Waals surface area (Å²) in [5.74, 6) is -0.229. The average molecular weight is 563 g/mol. The Hall–Kier alpha value is -4.02. The number of hydrogen-bond acceptors (Lipinski definition) is 5. The molecule has 3 saturated carbocycles. The zero-order valence-electron chi connectivity index (χ0n) is 22.8. The molecule has 9 nitrogen and oxygen atoms in total. The zero-order chi connectivity index (χ0) is 28.7. The summed E-state index contributed by atoms with van der Waals surface area (Å²) in [7, 11) is 0. The third-order valence-corrected chi connectivity index (χ3v) is 9.73. The lowest BCUT2D eigenvalue weighted by Crippen LogP contribution is -2.51. The standard InChI is InChI=1S/C30H32F2N6O3/c1-29(12-17-10-18-14-30(18,13-17)16-29)35-27(40)21-15-38(23-4-2-19(31)11-22(23)32)26-20(25(21)39)3-5-24(34-26)36-6-8-37(9-7-36)28(33)41/h2-5,11,15,17-18H,6-10,12-14,16H2,1H3,(H2,33,41)(H,35,40). The largest absolute Gasteiger partial charge is 0.353 e. The lowest BCUT2D eigenvalue weighted by atomic mass is 9.72. The van der Waals surface area contributed by atoms with Crippen LogP contribution in [-0.2, 0) is 0 Å². The number of urea groups is 1. The molecule has 1 aliphatic heterocycles. The van der Waals surface area contributed by atoms with E-state index in [0.29, 0.717) is 43.3 Å². The molecule has 11 heteroatoms. The number of pyridine rings is 2. The molecule has 1 saturated heterocycles. The van der Waals surface area contributed by atoms with Crippen LogP contribution in [-0.4, -0.2) is 58.1 Å². The van der Waals surface area contributed by atoms with Crippen molar-refractivity contribution in [2.45, 2.75) is 44.6 Å². The van der Waals surface area contributed by atoms with Crippen LogP contribution in [0.1, 0.15) is 49.4 Å². The molecule has 4 atom stereocenters. The second-order valence-electron chi connectivity index (χ2n) is 12.7. The lowest BCUT2D eigenvalue weighted by molar-refractivity contribution is 0.0827. The van der Waals surface area contributed by atoms with Crippen molar-refractivity contribution in [3.8, 4) is 5.69 Å². The van der Waals surface area contributed by atoms with E-state index in [0.717, 1.165) is 30.9 Å². The van der Waals surface area contributed by atoms with E-state index in [2.05, 4.69) is 12.2 Å². The fourth-order valence-corrected chi connectivity index (χ4v) is 7.99. The second-order valence-corrected chi connectivity index (χ2v) is 12.7. The smallest absolute Gasteiger partial charge is 0.314 e. The molecule has 1 aromatic carbocycles. The molecule has 3 N–H and O–H groups in total. The van der Waals surface area contributed by atoms with Gasteiger partial charge in [-0.3, -0.25) is 14.2 Å². The Labute approximate surface area is 235 Å². The van der Waals surface area contributed by atoms with Crippen molar-refractivity contribution in [3.63, 3.8) is 0 Å². The molecule has 4 aliphatic rings. The third kappa shape index (κ3) is 4.33. The van der Waals surface area contributed by atoms with Crippen LogP contribution >= 0.6 is 0 Å². The molecular weight excluding hydrogens is 530 g/mol. The Morgan fingerprint density at radius 1 is 1.07 bits per heavy atom. The zero-order valence-corrected chi connectivity index (χ0v) is 22.8. The maximum Gasteiger partial charge on any atom is 0.314 e. The normalized spacial score (nSPS) is 28.5. The summed E-state index contributed by atoms with van der Waals surface area (Å²) in [6, 6.07) is 5.93. The second kappa shape index (κ2) is 8.99. The van der Waals surface area contributed by atoms with Gasteiger partial charge in [-0.15, -0.1) is 0 Å². The van der Waals surface area contributed by atoms with Crippen LogP contribution in [0.4, 0.5) is 19.4 Å². The van der Waals surface area contributed by atoms with Gasteiger partial charge in [-0.1, -0.05) is 0 Å². The predicted molar refractivity (Wildman–Crippen MR) is 149 cm³/mol. The van der Waals surface area contributed by atoms with Gasteiger partial charge in [-0.05, 0) is 80.5 Å². The number of hydrogen-bond donors (Lipinski definition) is 2. The summed E-state index contributed by atoms with van der Waals surface area (Å²) in [4.78, 5) is 47.1. The number of carbonyl (C=O) groups is 2. The van der Waals surface area contributed by atoms with Gasteiger partial charge in [0.25, 0.3) is 5.91 Å². The SMILES string of the molecule is CC1(NC(=O)c2cn(-c3ccc(F)cc3F)c3nc(N4CCN(C(N)=O)CC4)ccc3c2=O)CC2CC3CC3(C2)C1. The molecule has 7 rings (SSSR count). The number of nitrogens with one attached hydrogen (secondary N) is 1. The van der Waals surface area contributed by atoms with Gasteiger partial charge in [0.05, 0.1) is 11.1 Å². The Morgan fingerprint density at radius 3 is 2.56 bits per heavy atom. The number of benzene rings is 1. The molecule has 4 unspecified atom stereocenters. The van der Waals surface area contributed by atoms with Crippen LogP contribution in [0, 0.1) is 28.9 Å². The highest BCUT2D eigenvalue weighted by molar-refractivity contribution is 5.97. The van der Waals surface area contributed by atoms with Crippen molar-refractivity contribution in [1.29, 1.82) is 0 Å². The van der Waals surface area contributed by atoms with Crippen molar-refractivity contribution in [2.75, 3.05) is 31.1 Å². The van der Waals surface area contributed by atoms with Crippen molar-refractivity contribution in [1.82, 2.24) is 19.8 Å². The number of primary amides is 1. The van der Waals surface area contributed by atoms with E-state index >= 15 is 4.39 Å². The van der Waals surface area contributed by atoms with Crippen LogP contribution in [0.25, 0.3) is 16.7 Å². The Balaban J connectivity index is 1.28. The average Bonchev–Trinajstić information content (AvgIpc) is 3.48. The minimum Gasteiger partial charge on any atom is -0.353 e. The molecule has 41 heavy (non-hydrogen) atoms. The molecule has 4 fully saturated rings. The van der Waals surface area contributed by atoms with Gasteiger partial charge in [0.15, 0.2) is 5.65 Å². The number of carbonyl (C=O) groups excluding carboxylic acids is 2. The first-order chi connectivity index (χ1) is 19.5. The number of amides is 3. The van der Waals surface area contributed by atoms with E-state index in [1.807, 2.05) is 4.90 Å². The highest BCUT2D eigenvalue weighted by Gasteiger charge is 2.65. The number of rotatable bonds is 4. The maximum atomic E-state index is 15.1. The first-order valence-electron chi connectivity index (χ1n) is 14.2. The first kappa shape index (κ1) is 25.9. The molecule has 3 heterocycles. The van der Waals surface area contributed by atoms with Gasteiger partial charge in [0.2, 0.25) is 5.43 Å². The van der Waals surface area contributed by atoms with Gasteiger partial charge < -0.3 is 20.9 Å². The van der Waals surface area contributed by atoms with Crippen LogP contribution in [0.2, 0.25) is 0 Å². The molecule has 1 spiro atoms. The Morgan fingerprint density at radius 2 is 1.85 bits per heavy atom. The molecule has 3 amide bonds. The van der Waals surface area contributed by atoms with E-state index in [9.17, 15) is 18.8 Å². The van der Waals surface area contributed by atoms with Crippen LogP contribution in [0.5, 0.6) is 0 Å². The predicted octanol–water partition coefficient (Wildman–Crippen LogP) is 3.56. The number of halogens is 2. The van der Waals surface area contributed by atoms with Gasteiger partial charge in [-0.25, -0.2) is 18.6 Å². The fraction of sp³-hybridized carbons (Fsp3) is 0.467. The number of piperazine rings is 1. The monoisotopic (exact) mass is 562 g/mol. The fourth-order valence-electron chi connectivity index (χ4n) is 7.99. The quantitative estimate of drug-likeness (QED) is 0.505. The molecule has 2 aromatic heterocycles. The summed E-state index contributed by atoms with van der Waals surface area (Å²) in [5, 5.41) is 3.32. The summed E-state index contributed by atoms with van der Waals surface area (Å²) in [6.07, 6.45) is 6.74. The molecule has 2 bridgehead atoms. The summed E-state index contributed by atoms with van der Waals surface area (Å²) in [6.45, 7) is 3.83. The number of anilines is 1. The topological polar surface area (TPSA) is 114 Å². The number of aromatic nitrogens is 2. The van der Waals surface area contributed by atoms with Crippen LogP contribution < -0.4 is 21.4 Å². The van der Waals surface area contributed by atoms with Crippen molar-refractivity contribution in [2.24, 2.45) is 23.0 Å². The number of nitrogens with zero attached hydrogens (tertiary/aromatic N) is 4. The first-order valence-corrected chi connectivity index (χ1v) is 14.2. The van der Waals surface area contributed by atoms with Gasteiger partial charge in [-0.2, -0.15) is 0 Å². The highest BCUT2D eigenvalue weighted by atomic mass is 19.1. The van der Waals surface area contributed by atoms with Crippen LogP contribution in [0.3, 0.4) is 0 Å². The summed E-state index contributed by atoms with van der Waals surface area (Å²) < 4.78 is 30.3. The van der Waals surface area contributed by atoms with Crippen molar-refractivity contribution >= 4 is 28.8 Å². The number of fused-ring (bicyclic) bond motifs is 2. The highest BCUT2D eigenvalue weighted by Crippen LogP contribution is 2.72. The van der Waals surface area contributed by atoms with Gasteiger partial charge in [0.1, 0.15) is 23.0 Å². The van der Waals surface area contributed by atoms with Gasteiger partial charge in [0, 0.05) is 44.0 Å². The van der Waals surface area contributed by atoms with E-state index in [4.69, 9.17) is 10.7 Å². The minimum absolute atomic E-state index is 0.0321. The van der Waals surface area contributed by atoms with Crippen molar-refractivity contribution < 1.29 is 18.4 Å². The number of nitrogens with two attached hydrogens (primary N) is 1. The van der Waals surface area contributed by atoms with Crippen LogP contribution in [0.15, 0.2) is 41.3 Å². The van der Waals surface area contributed by atoms with E-state index in [-0.39, 0.29) is 22.3 Å². The maximum absolute atomic E-state index is 15.1. The molecule has 0 radical (unpaired) electrons. The Bertz CT molecular complexity index is 1670. The van der Waals surface area contributed by atoms with Gasteiger partial charge >= 0.3 is 6.03 Å². The van der Waals surface area contributed by atoms with E-state index in [1.54, 1.807) is 12.1 Å². The van der Waals surface area contributed by atoms with Crippen molar-refractivity contribution in [3.05, 3.63) is 63.9 Å². The molecule has 214 valence electrons. The lowest BCUT2D eigenvalue weighted by Gasteiger charge is -2.40. The molecular formula is C30H32F2N6O3. The summed E-state index contributed by atoms with van der Waals surface area (Å²) >= 11 is 0. The molecule has 3 aliphatic carbocycles. The minimum atomic E-state index is -0.849. The Kier molecular flexibility index (Phi) is 5.68. The third-order valence-electron chi connectivity index (χ3n) is 9.73. The molecule has 3 aromatic rings. The summed E-state index contributed by atoms with van der Waals surface area (Å²) in [5.41, 5.74) is 4.81. The van der Waals surface area contributed by atoms with E-state index < -0.39 is 34.5 Å². The van der Waals surface area contributed by atoms with E-state index in [1.165, 1.54) is 41.0 Å².